The third-order valence-electron chi connectivity index (χ3n) is 7.01. The van der Waals surface area contributed by atoms with Crippen LogP contribution >= 0.6 is 0 Å². The van der Waals surface area contributed by atoms with Gasteiger partial charge in [0.15, 0.2) is 17.4 Å². The third kappa shape index (κ3) is 2.89. The van der Waals surface area contributed by atoms with Crippen LogP contribution in [0.5, 0.6) is 0 Å². The van der Waals surface area contributed by atoms with Crippen LogP contribution in [0.15, 0.2) is 65.2 Å². The number of fused-ring (bicyclic) bond motifs is 6. The van der Waals surface area contributed by atoms with Crippen molar-refractivity contribution in [2.45, 2.75) is 40.4 Å². The van der Waals surface area contributed by atoms with E-state index >= 15 is 0 Å². The van der Waals surface area contributed by atoms with Gasteiger partial charge in [0.2, 0.25) is 5.69 Å². The third-order valence-corrected chi connectivity index (χ3v) is 7.01. The molecule has 168 valence electrons. The second kappa shape index (κ2) is 7.39. The molecule has 34 heavy (non-hydrogen) atoms. The van der Waals surface area contributed by atoms with Gasteiger partial charge in [-0.2, -0.15) is 0 Å². The van der Waals surface area contributed by atoms with Gasteiger partial charge in [-0.05, 0) is 60.8 Å². The molecule has 0 aliphatic carbocycles. The normalized spacial score (nSPS) is 14.5. The molecule has 3 aromatic heterocycles. The zero-order valence-electron chi connectivity index (χ0n) is 24.1. The Kier molecular flexibility index (Phi) is 3.66. The molecule has 0 atom stereocenters. The predicted molar refractivity (Wildman–Crippen MR) is 141 cm³/mol. The topological polar surface area (TPSA) is 29.9 Å². The van der Waals surface area contributed by atoms with Crippen LogP contribution in [-0.2, 0) is 7.05 Å². The summed E-state index contributed by atoms with van der Waals surface area (Å²) in [7, 11) is 1.96. The lowest BCUT2D eigenvalue weighted by Gasteiger charge is -2.12. The van der Waals surface area contributed by atoms with Crippen LogP contribution in [0.3, 0.4) is 0 Å². The molecule has 0 amide bonds. The van der Waals surface area contributed by atoms with E-state index in [1.807, 2.05) is 94.0 Å². The van der Waals surface area contributed by atoms with Crippen molar-refractivity contribution in [3.8, 4) is 11.3 Å². The number of aryl methyl sites for hydroxylation is 3. The molecule has 6 aromatic rings. The first kappa shape index (κ1) is 16.8. The molecule has 0 bridgehead atoms. The maximum absolute atomic E-state index is 8.50. The Balaban J connectivity index is 1.82. The minimum absolute atomic E-state index is 0.288. The average Bonchev–Trinajstić information content (AvgIpc) is 3.21. The van der Waals surface area contributed by atoms with Gasteiger partial charge < -0.3 is 4.42 Å². The molecule has 0 N–H and O–H groups in total. The van der Waals surface area contributed by atoms with E-state index in [9.17, 15) is 0 Å². The molecule has 0 aliphatic heterocycles. The standard InChI is InChI=1S/C31H29N2O/c1-17(2)21-11-12-24-22(16-21)13-14-33(6)29(24)27-19(4)18(3)15-26-28-31(34-30(26)27)25-10-8-7-9-23(25)20(5)32-28/h7-17H,1-6H3/q+1/i3D3,17D. The summed E-state index contributed by atoms with van der Waals surface area (Å²) < 4.78 is 42.2. The average molecular weight is 450 g/mol. The smallest absolute Gasteiger partial charge is 0.224 e. The highest BCUT2D eigenvalue weighted by Crippen LogP contribution is 2.42. The highest BCUT2D eigenvalue weighted by atomic mass is 16.3. The monoisotopic (exact) mass is 449 g/mol. The van der Waals surface area contributed by atoms with E-state index in [1.165, 1.54) is 0 Å². The Morgan fingerprint density at radius 2 is 1.74 bits per heavy atom. The van der Waals surface area contributed by atoms with E-state index in [1.54, 1.807) is 6.07 Å². The van der Waals surface area contributed by atoms with Crippen molar-refractivity contribution in [2.24, 2.45) is 7.05 Å². The first-order valence-corrected chi connectivity index (χ1v) is 11.5. The van der Waals surface area contributed by atoms with Crippen LogP contribution in [0.4, 0.5) is 0 Å². The molecule has 3 aromatic carbocycles. The van der Waals surface area contributed by atoms with E-state index in [4.69, 9.17) is 14.9 Å². The molecule has 3 heterocycles. The second-order valence-corrected chi connectivity index (χ2v) is 9.40. The van der Waals surface area contributed by atoms with Gasteiger partial charge in [-0.15, -0.1) is 0 Å². The minimum atomic E-state index is -2.31. The van der Waals surface area contributed by atoms with Crippen molar-refractivity contribution in [2.75, 3.05) is 0 Å². The van der Waals surface area contributed by atoms with E-state index in [2.05, 4.69) is 0 Å². The highest BCUT2D eigenvalue weighted by Gasteiger charge is 2.26. The molecule has 0 fully saturated rings. The molecule has 0 saturated heterocycles. The van der Waals surface area contributed by atoms with Crippen LogP contribution in [0.1, 0.15) is 47.6 Å². The Morgan fingerprint density at radius 3 is 2.50 bits per heavy atom. The molecular weight excluding hydrogens is 416 g/mol. The molecule has 0 aliphatic rings. The minimum Gasteiger partial charge on any atom is -0.453 e. The number of nitrogens with zero attached hydrogens (tertiary/aromatic N) is 2. The van der Waals surface area contributed by atoms with E-state index in [0.29, 0.717) is 27.6 Å². The van der Waals surface area contributed by atoms with Gasteiger partial charge in [0.1, 0.15) is 12.6 Å². The SMILES string of the molecule is [2H]C([2H])([2H])c1cc2c(oc3c4ccccc4c(C)nc23)c(-c2c3ccc(C([2H])(C)C)cc3cc[n+]2C)c1C. The zero-order valence-corrected chi connectivity index (χ0v) is 20.1. The molecule has 0 saturated carbocycles. The Morgan fingerprint density at radius 1 is 0.941 bits per heavy atom. The van der Waals surface area contributed by atoms with Crippen LogP contribution < -0.4 is 4.57 Å². The maximum Gasteiger partial charge on any atom is 0.224 e. The summed E-state index contributed by atoms with van der Waals surface area (Å²) in [5.41, 5.74) is 6.30. The van der Waals surface area contributed by atoms with E-state index in [-0.39, 0.29) is 5.56 Å². The van der Waals surface area contributed by atoms with Gasteiger partial charge in [0, 0.05) is 33.4 Å². The van der Waals surface area contributed by atoms with E-state index < -0.39 is 12.7 Å². The fourth-order valence-corrected chi connectivity index (χ4v) is 5.11. The zero-order chi connectivity index (χ0) is 27.1. The van der Waals surface area contributed by atoms with Crippen LogP contribution in [0.2, 0.25) is 0 Å². The summed E-state index contributed by atoms with van der Waals surface area (Å²) in [6, 6.07) is 17.8. The van der Waals surface area contributed by atoms with Gasteiger partial charge in [0.25, 0.3) is 0 Å². The number of hydrogen-bond acceptors (Lipinski definition) is 2. The quantitative estimate of drug-likeness (QED) is 0.252. The van der Waals surface area contributed by atoms with Gasteiger partial charge in [-0.25, -0.2) is 9.55 Å². The summed E-state index contributed by atoms with van der Waals surface area (Å²) >= 11 is 0. The molecular formula is C31H29N2O+. The second-order valence-electron chi connectivity index (χ2n) is 9.40. The first-order chi connectivity index (χ1) is 17.9. The van der Waals surface area contributed by atoms with Crippen molar-refractivity contribution in [3.63, 3.8) is 0 Å². The van der Waals surface area contributed by atoms with Crippen molar-refractivity contribution in [1.29, 1.82) is 0 Å². The maximum atomic E-state index is 8.50. The van der Waals surface area contributed by atoms with Gasteiger partial charge in [0.05, 0.1) is 10.9 Å². The van der Waals surface area contributed by atoms with Crippen LogP contribution in [0.25, 0.3) is 54.9 Å². The number of hydrogen-bond donors (Lipinski definition) is 0. The number of aromatic nitrogens is 2. The number of benzene rings is 3. The summed E-state index contributed by atoms with van der Waals surface area (Å²) in [5, 5.41) is 4.61. The summed E-state index contributed by atoms with van der Waals surface area (Å²) in [6.45, 7) is 5.27. The van der Waals surface area contributed by atoms with Crippen molar-refractivity contribution in [1.82, 2.24) is 4.98 Å². The summed E-state index contributed by atoms with van der Waals surface area (Å²) in [4.78, 5) is 4.90. The molecule has 3 heteroatoms. The molecule has 0 unspecified atom stereocenters. The Labute approximate surface area is 205 Å². The molecule has 0 spiro atoms. The first-order valence-electron chi connectivity index (χ1n) is 13.5. The summed E-state index contributed by atoms with van der Waals surface area (Å²) in [6.07, 6.45) is 1.98. The highest BCUT2D eigenvalue weighted by molar-refractivity contribution is 6.17. The molecule has 6 rings (SSSR count). The molecule has 0 radical (unpaired) electrons. The Hall–Kier alpha value is -3.72. The van der Waals surface area contributed by atoms with Crippen LogP contribution in [0, 0.1) is 20.7 Å². The molecule has 3 nitrogen and oxygen atoms in total. The van der Waals surface area contributed by atoms with Gasteiger partial charge >= 0.3 is 0 Å². The van der Waals surface area contributed by atoms with Crippen molar-refractivity contribution in [3.05, 3.63) is 83.2 Å². The number of furan rings is 1. The van der Waals surface area contributed by atoms with Crippen molar-refractivity contribution < 1.29 is 14.5 Å². The lowest BCUT2D eigenvalue weighted by atomic mass is 9.92. The number of rotatable bonds is 2. The van der Waals surface area contributed by atoms with Gasteiger partial charge in [-0.3, -0.25) is 0 Å². The lowest BCUT2D eigenvalue weighted by Crippen LogP contribution is -2.31. The number of pyridine rings is 2. The summed E-state index contributed by atoms with van der Waals surface area (Å²) in [5.74, 6) is -0.736. The van der Waals surface area contributed by atoms with Gasteiger partial charge in [-0.1, -0.05) is 50.2 Å². The fraction of sp³-hybridized carbons (Fsp3) is 0.226. The predicted octanol–water partition coefficient (Wildman–Crippen LogP) is 7.83. The van der Waals surface area contributed by atoms with Crippen molar-refractivity contribution >= 4 is 43.6 Å². The lowest BCUT2D eigenvalue weighted by molar-refractivity contribution is -0.659. The Bertz CT molecular complexity index is 1930. The van der Waals surface area contributed by atoms with E-state index in [0.717, 1.165) is 44.1 Å². The van der Waals surface area contributed by atoms with Crippen LogP contribution in [-0.4, -0.2) is 4.98 Å². The largest absolute Gasteiger partial charge is 0.453 e. The fourth-order valence-electron chi connectivity index (χ4n) is 5.11.